The Bertz CT molecular complexity index is 637. The minimum absolute atomic E-state index is 0.199. The maximum absolute atomic E-state index is 11.8. The molecule has 1 aliphatic rings. The third-order valence-corrected chi connectivity index (χ3v) is 3.62. The van der Waals surface area contributed by atoms with Gasteiger partial charge in [-0.25, -0.2) is 9.97 Å². The average Bonchev–Trinajstić information content (AvgIpc) is 3.21. The average molecular weight is 302 g/mol. The molecule has 0 atom stereocenters. The van der Waals surface area contributed by atoms with Crippen LogP contribution in [-0.2, 0) is 0 Å². The molecule has 5 N–H and O–H groups in total. The Morgan fingerprint density at radius 1 is 1.27 bits per heavy atom. The highest BCUT2D eigenvalue weighted by Crippen LogP contribution is 2.26. The molecule has 1 saturated carbocycles. The highest BCUT2D eigenvalue weighted by atomic mass is 16.3. The van der Waals surface area contributed by atoms with Gasteiger partial charge in [-0.1, -0.05) is 12.8 Å². The van der Waals surface area contributed by atoms with E-state index in [1.807, 2.05) is 0 Å². The number of nitrogens with one attached hydrogen (secondary N) is 3. The van der Waals surface area contributed by atoms with Crippen LogP contribution in [0.5, 0.6) is 0 Å². The van der Waals surface area contributed by atoms with E-state index in [4.69, 9.17) is 10.2 Å². The van der Waals surface area contributed by atoms with Crippen LogP contribution < -0.4 is 21.9 Å². The molecule has 2 aromatic heterocycles. The molecule has 8 heteroatoms. The first-order valence-corrected chi connectivity index (χ1v) is 7.21. The summed E-state index contributed by atoms with van der Waals surface area (Å²) in [4.78, 5) is 20.0. The minimum Gasteiger partial charge on any atom is -0.459 e. The summed E-state index contributed by atoms with van der Waals surface area (Å²) in [6.07, 6.45) is 7.48. The molecule has 3 rings (SSSR count). The quantitative estimate of drug-likeness (QED) is 0.621. The van der Waals surface area contributed by atoms with Crippen LogP contribution in [-0.4, -0.2) is 21.9 Å². The van der Waals surface area contributed by atoms with Crippen molar-refractivity contribution in [1.82, 2.24) is 15.4 Å². The van der Waals surface area contributed by atoms with E-state index in [1.54, 1.807) is 12.1 Å². The Morgan fingerprint density at radius 3 is 2.77 bits per heavy atom. The van der Waals surface area contributed by atoms with Crippen LogP contribution in [0, 0.1) is 0 Å². The van der Waals surface area contributed by atoms with Gasteiger partial charge >= 0.3 is 5.91 Å². The second-order valence-electron chi connectivity index (χ2n) is 5.17. The van der Waals surface area contributed by atoms with Gasteiger partial charge in [0.15, 0.2) is 17.4 Å². The molecule has 1 fully saturated rings. The lowest BCUT2D eigenvalue weighted by molar-refractivity contribution is 0.0935. The van der Waals surface area contributed by atoms with Crippen molar-refractivity contribution in [3.63, 3.8) is 0 Å². The molecule has 1 amide bonds. The van der Waals surface area contributed by atoms with Crippen LogP contribution in [0.2, 0.25) is 0 Å². The van der Waals surface area contributed by atoms with Crippen molar-refractivity contribution in [2.45, 2.75) is 31.7 Å². The van der Waals surface area contributed by atoms with Crippen LogP contribution in [0.1, 0.15) is 36.2 Å². The molecule has 0 saturated heterocycles. The van der Waals surface area contributed by atoms with E-state index in [2.05, 4.69) is 26.1 Å². The molecule has 8 nitrogen and oxygen atoms in total. The monoisotopic (exact) mass is 302 g/mol. The number of furan rings is 1. The summed E-state index contributed by atoms with van der Waals surface area (Å²) in [7, 11) is 0. The second kappa shape index (κ2) is 6.33. The smallest absolute Gasteiger partial charge is 0.305 e. The van der Waals surface area contributed by atoms with Gasteiger partial charge in [-0.15, -0.1) is 0 Å². The standard InChI is InChI=1S/C14H18N6O2/c15-11-12(18-9-4-1-2-5-9)16-8-17-13(11)19-20-14(21)10-6-3-7-22-10/h3,6-9H,1-2,4-5,15H2,(H,20,21)(H2,16,17,18,19). The number of nitrogens with two attached hydrogens (primary N) is 1. The highest BCUT2D eigenvalue weighted by Gasteiger charge is 2.18. The van der Waals surface area contributed by atoms with E-state index < -0.39 is 5.91 Å². The first-order valence-electron chi connectivity index (χ1n) is 7.21. The van der Waals surface area contributed by atoms with Crippen LogP contribution in [0.15, 0.2) is 29.1 Å². The number of nitrogens with zero attached hydrogens (tertiary/aromatic N) is 2. The fourth-order valence-corrected chi connectivity index (χ4v) is 2.46. The fraction of sp³-hybridized carbons (Fsp3) is 0.357. The van der Waals surface area contributed by atoms with E-state index in [-0.39, 0.29) is 5.76 Å². The summed E-state index contributed by atoms with van der Waals surface area (Å²) in [5.74, 6) is 0.713. The molecular weight excluding hydrogens is 284 g/mol. The van der Waals surface area contributed by atoms with E-state index >= 15 is 0 Å². The van der Waals surface area contributed by atoms with Crippen molar-refractivity contribution in [3.8, 4) is 0 Å². The molecule has 0 unspecified atom stereocenters. The highest BCUT2D eigenvalue weighted by molar-refractivity contribution is 5.92. The van der Waals surface area contributed by atoms with Gasteiger partial charge in [0.25, 0.3) is 0 Å². The zero-order valence-corrected chi connectivity index (χ0v) is 12.0. The SMILES string of the molecule is Nc1c(NNC(=O)c2ccco2)ncnc1NC1CCCC1. The molecule has 1 aliphatic carbocycles. The van der Waals surface area contributed by atoms with Gasteiger partial charge in [0.1, 0.15) is 12.0 Å². The number of nitrogen functional groups attached to an aromatic ring is 1. The minimum atomic E-state index is -0.409. The van der Waals surface area contributed by atoms with Gasteiger partial charge in [-0.05, 0) is 25.0 Å². The normalized spacial score (nSPS) is 14.7. The lowest BCUT2D eigenvalue weighted by Crippen LogP contribution is -2.30. The third-order valence-electron chi connectivity index (χ3n) is 3.62. The number of carbonyl (C=O) groups is 1. The Balaban J connectivity index is 1.64. The van der Waals surface area contributed by atoms with Gasteiger partial charge in [0, 0.05) is 6.04 Å². The van der Waals surface area contributed by atoms with E-state index in [0.717, 1.165) is 12.8 Å². The van der Waals surface area contributed by atoms with Crippen molar-refractivity contribution in [2.75, 3.05) is 16.5 Å². The van der Waals surface area contributed by atoms with Crippen molar-refractivity contribution < 1.29 is 9.21 Å². The lowest BCUT2D eigenvalue weighted by atomic mass is 10.2. The molecule has 2 heterocycles. The first kappa shape index (κ1) is 14.2. The zero-order valence-electron chi connectivity index (χ0n) is 12.0. The summed E-state index contributed by atoms with van der Waals surface area (Å²) in [5.41, 5.74) is 11.6. The number of hydrogen-bond acceptors (Lipinski definition) is 7. The number of hydrogen-bond donors (Lipinski definition) is 4. The predicted octanol–water partition coefficient (Wildman–Crippen LogP) is 1.76. The summed E-state index contributed by atoms with van der Waals surface area (Å²) in [6.45, 7) is 0. The third kappa shape index (κ3) is 3.11. The Hall–Kier alpha value is -2.77. The number of rotatable bonds is 5. The van der Waals surface area contributed by atoms with Crippen LogP contribution in [0.4, 0.5) is 17.3 Å². The van der Waals surface area contributed by atoms with Crippen molar-refractivity contribution in [2.24, 2.45) is 0 Å². The summed E-state index contributed by atoms with van der Waals surface area (Å²) in [6, 6.07) is 3.59. The van der Waals surface area contributed by atoms with Crippen LogP contribution >= 0.6 is 0 Å². The van der Waals surface area contributed by atoms with Gasteiger partial charge in [0.2, 0.25) is 0 Å². The van der Waals surface area contributed by atoms with E-state index in [1.165, 1.54) is 25.4 Å². The second-order valence-corrected chi connectivity index (χ2v) is 5.17. The Morgan fingerprint density at radius 2 is 2.05 bits per heavy atom. The van der Waals surface area contributed by atoms with Gasteiger partial charge in [-0.3, -0.25) is 15.6 Å². The summed E-state index contributed by atoms with van der Waals surface area (Å²) >= 11 is 0. The topological polar surface area (TPSA) is 118 Å². The molecule has 0 spiro atoms. The molecular formula is C14H18N6O2. The molecule has 2 aromatic rings. The number of carbonyl (C=O) groups excluding carboxylic acids is 1. The summed E-state index contributed by atoms with van der Waals surface area (Å²) in [5, 5.41) is 3.32. The maximum atomic E-state index is 11.8. The van der Waals surface area contributed by atoms with Gasteiger partial charge < -0.3 is 15.5 Å². The molecule has 0 bridgehead atoms. The lowest BCUT2D eigenvalue weighted by Gasteiger charge is -2.16. The first-order chi connectivity index (χ1) is 10.7. The van der Waals surface area contributed by atoms with Crippen LogP contribution in [0.25, 0.3) is 0 Å². The van der Waals surface area contributed by atoms with Crippen molar-refractivity contribution >= 4 is 23.2 Å². The Kier molecular flexibility index (Phi) is 4.08. The number of aromatic nitrogens is 2. The van der Waals surface area contributed by atoms with Crippen LogP contribution in [0.3, 0.4) is 0 Å². The van der Waals surface area contributed by atoms with Gasteiger partial charge in [-0.2, -0.15) is 0 Å². The number of hydrazine groups is 1. The number of amides is 1. The molecule has 0 aromatic carbocycles. The van der Waals surface area contributed by atoms with Crippen molar-refractivity contribution in [1.29, 1.82) is 0 Å². The van der Waals surface area contributed by atoms with Crippen molar-refractivity contribution in [3.05, 3.63) is 30.5 Å². The maximum Gasteiger partial charge on any atom is 0.305 e. The van der Waals surface area contributed by atoms with E-state index in [0.29, 0.717) is 23.4 Å². The molecule has 0 aliphatic heterocycles. The van der Waals surface area contributed by atoms with E-state index in [9.17, 15) is 4.79 Å². The van der Waals surface area contributed by atoms with Gasteiger partial charge in [0.05, 0.1) is 6.26 Å². The Labute approximate surface area is 127 Å². The number of anilines is 3. The molecule has 0 radical (unpaired) electrons. The fourth-order valence-electron chi connectivity index (χ4n) is 2.46. The summed E-state index contributed by atoms with van der Waals surface area (Å²) < 4.78 is 5.00. The predicted molar refractivity (Wildman–Crippen MR) is 82.1 cm³/mol. The molecule has 22 heavy (non-hydrogen) atoms. The molecule has 116 valence electrons. The zero-order chi connectivity index (χ0) is 15.4. The largest absolute Gasteiger partial charge is 0.459 e.